The number of nitrogens with one attached hydrogen (secondary N) is 1. The maximum atomic E-state index is 11.9. The number of aryl methyl sites for hydroxylation is 2. The Morgan fingerprint density at radius 3 is 1.94 bits per heavy atom. The minimum absolute atomic E-state index is 0.728. The van der Waals surface area contributed by atoms with E-state index in [4.69, 9.17) is 0 Å². The fourth-order valence-corrected chi connectivity index (χ4v) is 2.30. The van der Waals surface area contributed by atoms with Gasteiger partial charge in [0, 0.05) is 14.1 Å². The second-order valence-electron chi connectivity index (χ2n) is 4.05. The zero-order valence-electron chi connectivity index (χ0n) is 10.8. The Balaban J connectivity index is 3.21. The summed E-state index contributed by atoms with van der Waals surface area (Å²) >= 11 is 0. The Morgan fingerprint density at radius 2 is 1.59 bits per heavy atom. The molecule has 0 fully saturated rings. The summed E-state index contributed by atoms with van der Waals surface area (Å²) in [5.41, 5.74) is 2.77. The lowest BCUT2D eigenvalue weighted by atomic mass is 10.0. The van der Waals surface area contributed by atoms with Gasteiger partial charge in [0.05, 0.1) is 5.69 Å². The molecule has 1 rings (SSSR count). The van der Waals surface area contributed by atoms with E-state index in [-0.39, 0.29) is 0 Å². The molecular formula is C12H20N2O2S. The van der Waals surface area contributed by atoms with Crippen LogP contribution in [0.4, 0.5) is 5.69 Å². The average molecular weight is 256 g/mol. The summed E-state index contributed by atoms with van der Waals surface area (Å²) in [6.07, 6.45) is 1.61. The van der Waals surface area contributed by atoms with Crippen LogP contribution in [0.1, 0.15) is 25.0 Å². The molecule has 0 bridgehead atoms. The zero-order valence-corrected chi connectivity index (χ0v) is 11.6. The fraction of sp³-hybridized carbons (Fsp3) is 0.500. The lowest BCUT2D eigenvalue weighted by molar-refractivity contribution is 0.526. The topological polar surface area (TPSA) is 49.4 Å². The Labute approximate surface area is 104 Å². The number of hydrogen-bond donors (Lipinski definition) is 1. The molecule has 0 aliphatic rings. The number of nitrogens with zero attached hydrogens (tertiary/aromatic N) is 1. The van der Waals surface area contributed by atoms with Crippen LogP contribution in [0.25, 0.3) is 0 Å². The molecule has 0 atom stereocenters. The Hall–Kier alpha value is -1.07. The van der Waals surface area contributed by atoms with Crippen LogP contribution in [0.3, 0.4) is 0 Å². The van der Waals surface area contributed by atoms with Crippen molar-refractivity contribution in [3.63, 3.8) is 0 Å². The van der Waals surface area contributed by atoms with Crippen LogP contribution in [-0.4, -0.2) is 26.8 Å². The van der Waals surface area contributed by atoms with Gasteiger partial charge in [-0.05, 0) is 24.0 Å². The van der Waals surface area contributed by atoms with Crippen molar-refractivity contribution in [2.75, 3.05) is 18.8 Å². The highest BCUT2D eigenvalue weighted by Gasteiger charge is 2.16. The highest BCUT2D eigenvalue weighted by atomic mass is 32.2. The molecule has 0 unspecified atom stereocenters. The second-order valence-corrected chi connectivity index (χ2v) is 5.93. The van der Waals surface area contributed by atoms with Gasteiger partial charge in [-0.1, -0.05) is 32.0 Å². The molecule has 1 aromatic carbocycles. The largest absolute Gasteiger partial charge is 0.301 e. The van der Waals surface area contributed by atoms with Gasteiger partial charge in [0.2, 0.25) is 0 Å². The van der Waals surface area contributed by atoms with Crippen molar-refractivity contribution in [2.45, 2.75) is 26.7 Å². The molecule has 0 radical (unpaired) electrons. The van der Waals surface area contributed by atoms with E-state index in [0.29, 0.717) is 0 Å². The van der Waals surface area contributed by atoms with Crippen LogP contribution < -0.4 is 4.72 Å². The average Bonchev–Trinajstić information content (AvgIpc) is 2.28. The van der Waals surface area contributed by atoms with Gasteiger partial charge in [-0.25, -0.2) is 0 Å². The summed E-state index contributed by atoms with van der Waals surface area (Å²) in [5.74, 6) is 0. The van der Waals surface area contributed by atoms with E-state index in [1.165, 1.54) is 18.4 Å². The molecule has 96 valence electrons. The van der Waals surface area contributed by atoms with Gasteiger partial charge in [-0.15, -0.1) is 0 Å². The van der Waals surface area contributed by atoms with Crippen LogP contribution >= 0.6 is 0 Å². The Kier molecular flexibility index (Phi) is 4.54. The van der Waals surface area contributed by atoms with Crippen molar-refractivity contribution >= 4 is 15.9 Å². The summed E-state index contributed by atoms with van der Waals surface area (Å²) in [7, 11) is -0.400. The first kappa shape index (κ1) is 14.0. The van der Waals surface area contributed by atoms with E-state index in [9.17, 15) is 8.42 Å². The fourth-order valence-electron chi connectivity index (χ4n) is 1.59. The monoisotopic (exact) mass is 256 g/mol. The number of benzene rings is 1. The van der Waals surface area contributed by atoms with Crippen LogP contribution in [0, 0.1) is 0 Å². The van der Waals surface area contributed by atoms with Crippen molar-refractivity contribution in [1.82, 2.24) is 4.31 Å². The lowest BCUT2D eigenvalue weighted by Crippen LogP contribution is -2.29. The smallest absolute Gasteiger partial charge is 0.270 e. The highest BCUT2D eigenvalue weighted by molar-refractivity contribution is 7.90. The van der Waals surface area contributed by atoms with E-state index in [1.807, 2.05) is 32.0 Å². The highest BCUT2D eigenvalue weighted by Crippen LogP contribution is 2.23. The molecule has 0 aliphatic heterocycles. The molecule has 0 saturated heterocycles. The quantitative estimate of drug-likeness (QED) is 0.876. The molecule has 4 nitrogen and oxygen atoms in total. The zero-order chi connectivity index (χ0) is 13.1. The number of anilines is 1. The summed E-state index contributed by atoms with van der Waals surface area (Å²) in [4.78, 5) is 0. The van der Waals surface area contributed by atoms with Gasteiger partial charge < -0.3 is 0 Å². The van der Waals surface area contributed by atoms with Gasteiger partial charge in [0.1, 0.15) is 0 Å². The molecule has 0 aromatic heterocycles. The molecule has 1 aromatic rings. The summed E-state index contributed by atoms with van der Waals surface area (Å²) in [6.45, 7) is 4.03. The van der Waals surface area contributed by atoms with Crippen LogP contribution in [-0.2, 0) is 23.1 Å². The molecule has 17 heavy (non-hydrogen) atoms. The maximum absolute atomic E-state index is 11.9. The maximum Gasteiger partial charge on any atom is 0.301 e. The second kappa shape index (κ2) is 5.51. The molecular weight excluding hydrogens is 236 g/mol. The first-order valence-electron chi connectivity index (χ1n) is 5.73. The molecule has 0 heterocycles. The third-order valence-electron chi connectivity index (χ3n) is 2.71. The number of rotatable bonds is 5. The minimum atomic E-state index is -3.43. The molecule has 1 N–H and O–H groups in total. The minimum Gasteiger partial charge on any atom is -0.270 e. The normalized spacial score (nSPS) is 11.8. The van der Waals surface area contributed by atoms with E-state index < -0.39 is 10.2 Å². The van der Waals surface area contributed by atoms with Gasteiger partial charge in [-0.2, -0.15) is 12.7 Å². The van der Waals surface area contributed by atoms with Gasteiger partial charge in [0.15, 0.2) is 0 Å². The van der Waals surface area contributed by atoms with Crippen molar-refractivity contribution in [3.05, 3.63) is 29.3 Å². The standard InChI is InChI=1S/C12H20N2O2S/c1-5-10-8-7-9-11(6-2)12(10)13-17(15,16)14(3)4/h7-9,13H,5-6H2,1-4H3. The molecule has 0 aliphatic carbocycles. The van der Waals surface area contributed by atoms with Gasteiger partial charge in [0.25, 0.3) is 0 Å². The predicted octanol–water partition coefficient (Wildman–Crippen LogP) is 2.03. The van der Waals surface area contributed by atoms with Gasteiger partial charge >= 0.3 is 10.2 Å². The van der Waals surface area contributed by atoms with E-state index in [2.05, 4.69) is 4.72 Å². The first-order valence-corrected chi connectivity index (χ1v) is 7.17. The third kappa shape index (κ3) is 3.20. The van der Waals surface area contributed by atoms with Crippen molar-refractivity contribution in [1.29, 1.82) is 0 Å². The van der Waals surface area contributed by atoms with Crippen molar-refractivity contribution < 1.29 is 8.42 Å². The van der Waals surface area contributed by atoms with Crippen molar-refractivity contribution in [3.8, 4) is 0 Å². The summed E-state index contributed by atoms with van der Waals surface area (Å²) in [5, 5.41) is 0. The SMILES string of the molecule is CCc1cccc(CC)c1NS(=O)(=O)N(C)C. The molecule has 0 amide bonds. The summed E-state index contributed by atoms with van der Waals surface area (Å²) in [6, 6.07) is 5.87. The van der Waals surface area contributed by atoms with E-state index in [1.54, 1.807) is 0 Å². The van der Waals surface area contributed by atoms with Crippen LogP contribution in [0.2, 0.25) is 0 Å². The third-order valence-corrected chi connectivity index (χ3v) is 4.13. The number of hydrogen-bond acceptors (Lipinski definition) is 2. The Bertz CT molecular complexity index is 459. The predicted molar refractivity (Wildman–Crippen MR) is 71.4 cm³/mol. The lowest BCUT2D eigenvalue weighted by Gasteiger charge is -2.18. The molecule has 5 heteroatoms. The number of para-hydroxylation sites is 1. The van der Waals surface area contributed by atoms with E-state index >= 15 is 0 Å². The molecule has 0 saturated carbocycles. The molecule has 0 spiro atoms. The Morgan fingerprint density at radius 1 is 1.12 bits per heavy atom. The first-order chi connectivity index (χ1) is 7.92. The van der Waals surface area contributed by atoms with Crippen LogP contribution in [0.15, 0.2) is 18.2 Å². The van der Waals surface area contributed by atoms with Crippen molar-refractivity contribution in [2.24, 2.45) is 0 Å². The summed E-state index contributed by atoms with van der Waals surface area (Å²) < 4.78 is 27.5. The van der Waals surface area contributed by atoms with Crippen LogP contribution in [0.5, 0.6) is 0 Å². The van der Waals surface area contributed by atoms with E-state index in [0.717, 1.165) is 29.7 Å². The van der Waals surface area contributed by atoms with Gasteiger partial charge in [-0.3, -0.25) is 4.72 Å².